The van der Waals surface area contributed by atoms with Gasteiger partial charge in [0, 0.05) is 16.6 Å². The van der Waals surface area contributed by atoms with E-state index in [-0.39, 0.29) is 11.8 Å². The predicted octanol–water partition coefficient (Wildman–Crippen LogP) is 5.42. The number of fused-ring (bicyclic) bond motifs is 1. The number of rotatable bonds is 5. The number of oxazole rings is 1. The van der Waals surface area contributed by atoms with E-state index in [1.165, 1.54) is 0 Å². The lowest BCUT2D eigenvalue weighted by molar-refractivity contribution is -0.117. The van der Waals surface area contributed by atoms with Crippen molar-refractivity contribution in [2.75, 3.05) is 25.0 Å². The topological polar surface area (TPSA) is 58.4 Å². The summed E-state index contributed by atoms with van der Waals surface area (Å²) in [6.07, 6.45) is 1.85. The molecule has 1 fully saturated rings. The van der Waals surface area contributed by atoms with Gasteiger partial charge in [0.15, 0.2) is 11.5 Å². The standard InChI is InChI=1S/C23H26ClN3O2/c1-15(2)18-5-3-4-6-19(18)25-22(28)14-27-11-9-16(10-12-27)23-26-20-13-17(24)7-8-21(20)29-23/h3-8,13,15-16H,9-12,14H2,1-2H3,(H,25,28). The van der Waals surface area contributed by atoms with Crippen LogP contribution in [0.5, 0.6) is 0 Å². The maximum absolute atomic E-state index is 12.6. The van der Waals surface area contributed by atoms with Gasteiger partial charge in [0.2, 0.25) is 5.91 Å². The first-order chi connectivity index (χ1) is 14.0. The molecule has 4 rings (SSSR count). The van der Waals surface area contributed by atoms with Crippen molar-refractivity contribution >= 4 is 34.3 Å². The molecule has 1 aliphatic heterocycles. The first-order valence-corrected chi connectivity index (χ1v) is 10.5. The number of likely N-dealkylation sites (tertiary alicyclic amines) is 1. The number of amides is 1. The Labute approximate surface area is 176 Å². The molecule has 0 radical (unpaired) electrons. The molecule has 2 aromatic carbocycles. The van der Waals surface area contributed by atoms with Crippen LogP contribution >= 0.6 is 11.6 Å². The molecule has 0 unspecified atom stereocenters. The maximum atomic E-state index is 12.6. The van der Waals surface area contributed by atoms with Gasteiger partial charge in [-0.2, -0.15) is 0 Å². The number of carbonyl (C=O) groups is 1. The number of carbonyl (C=O) groups excluding carboxylic acids is 1. The Bertz CT molecular complexity index is 1010. The van der Waals surface area contributed by atoms with Crippen LogP contribution in [0.1, 0.15) is 50.0 Å². The highest BCUT2D eigenvalue weighted by Crippen LogP contribution is 2.31. The Hall–Kier alpha value is -2.37. The second-order valence-corrected chi connectivity index (χ2v) is 8.44. The van der Waals surface area contributed by atoms with Crippen molar-refractivity contribution in [3.63, 3.8) is 0 Å². The summed E-state index contributed by atoms with van der Waals surface area (Å²) in [6.45, 7) is 6.38. The second kappa shape index (κ2) is 8.56. The molecule has 1 N–H and O–H groups in total. The molecule has 2 heterocycles. The molecule has 1 aromatic heterocycles. The summed E-state index contributed by atoms with van der Waals surface area (Å²) in [5.41, 5.74) is 3.65. The minimum Gasteiger partial charge on any atom is -0.440 e. The number of nitrogens with one attached hydrogen (secondary N) is 1. The third kappa shape index (κ3) is 4.62. The minimum absolute atomic E-state index is 0.0352. The quantitative estimate of drug-likeness (QED) is 0.608. The van der Waals surface area contributed by atoms with Crippen molar-refractivity contribution in [1.82, 2.24) is 9.88 Å². The van der Waals surface area contributed by atoms with Gasteiger partial charge in [0.05, 0.1) is 6.54 Å². The van der Waals surface area contributed by atoms with E-state index in [9.17, 15) is 4.79 Å². The molecule has 0 bridgehead atoms. The highest BCUT2D eigenvalue weighted by atomic mass is 35.5. The Kier molecular flexibility index (Phi) is 5.88. The number of piperidine rings is 1. The van der Waals surface area contributed by atoms with Gasteiger partial charge < -0.3 is 9.73 Å². The highest BCUT2D eigenvalue weighted by Gasteiger charge is 2.26. The SMILES string of the molecule is CC(C)c1ccccc1NC(=O)CN1CCC(c2nc3cc(Cl)ccc3o2)CC1. The van der Waals surface area contributed by atoms with Crippen LogP contribution in [0.15, 0.2) is 46.9 Å². The van der Waals surface area contributed by atoms with Crippen molar-refractivity contribution in [1.29, 1.82) is 0 Å². The summed E-state index contributed by atoms with van der Waals surface area (Å²) >= 11 is 6.04. The van der Waals surface area contributed by atoms with Gasteiger partial charge in [-0.05, 0) is 61.7 Å². The number of halogens is 1. The molecule has 0 spiro atoms. The molecule has 0 atom stereocenters. The van der Waals surface area contributed by atoms with Gasteiger partial charge in [0.1, 0.15) is 5.52 Å². The minimum atomic E-state index is 0.0352. The van der Waals surface area contributed by atoms with Crippen molar-refractivity contribution in [2.24, 2.45) is 0 Å². The monoisotopic (exact) mass is 411 g/mol. The Morgan fingerprint density at radius 3 is 2.76 bits per heavy atom. The fourth-order valence-corrected chi connectivity index (χ4v) is 4.10. The molecule has 0 saturated carbocycles. The molecular formula is C23H26ClN3O2. The zero-order valence-corrected chi connectivity index (χ0v) is 17.6. The molecule has 29 heavy (non-hydrogen) atoms. The second-order valence-electron chi connectivity index (χ2n) is 8.00. The molecule has 0 aliphatic carbocycles. The highest BCUT2D eigenvalue weighted by molar-refractivity contribution is 6.31. The van der Waals surface area contributed by atoms with Gasteiger partial charge in [-0.1, -0.05) is 43.6 Å². The third-order valence-corrected chi connectivity index (χ3v) is 5.76. The van der Waals surface area contributed by atoms with Crippen LogP contribution in [-0.2, 0) is 4.79 Å². The smallest absolute Gasteiger partial charge is 0.238 e. The summed E-state index contributed by atoms with van der Waals surface area (Å²) < 4.78 is 5.93. The molecule has 1 amide bonds. The summed E-state index contributed by atoms with van der Waals surface area (Å²) in [5.74, 6) is 1.46. The number of benzene rings is 2. The van der Waals surface area contributed by atoms with Gasteiger partial charge in [-0.3, -0.25) is 9.69 Å². The van der Waals surface area contributed by atoms with Crippen molar-refractivity contribution < 1.29 is 9.21 Å². The van der Waals surface area contributed by atoms with Crippen molar-refractivity contribution in [2.45, 2.75) is 38.5 Å². The average Bonchev–Trinajstić information content (AvgIpc) is 3.12. The maximum Gasteiger partial charge on any atom is 0.238 e. The van der Waals surface area contributed by atoms with E-state index in [0.717, 1.165) is 54.2 Å². The van der Waals surface area contributed by atoms with Gasteiger partial charge in [-0.25, -0.2) is 4.98 Å². The normalized spacial score (nSPS) is 15.9. The van der Waals surface area contributed by atoms with E-state index < -0.39 is 0 Å². The van der Waals surface area contributed by atoms with Crippen LogP contribution in [0.25, 0.3) is 11.1 Å². The summed E-state index contributed by atoms with van der Waals surface area (Å²) in [4.78, 5) is 19.4. The summed E-state index contributed by atoms with van der Waals surface area (Å²) in [6, 6.07) is 13.5. The van der Waals surface area contributed by atoms with E-state index in [4.69, 9.17) is 16.0 Å². The molecule has 1 saturated heterocycles. The first kappa shape index (κ1) is 19.9. The van der Waals surface area contributed by atoms with Crippen LogP contribution in [0, 0.1) is 0 Å². The average molecular weight is 412 g/mol. The molecular weight excluding hydrogens is 386 g/mol. The number of nitrogens with zero attached hydrogens (tertiary/aromatic N) is 2. The zero-order valence-electron chi connectivity index (χ0n) is 16.8. The molecule has 3 aromatic rings. The molecule has 152 valence electrons. The summed E-state index contributed by atoms with van der Waals surface area (Å²) in [5, 5.41) is 3.75. The number of para-hydroxylation sites is 1. The lowest BCUT2D eigenvalue weighted by Gasteiger charge is -2.30. The van der Waals surface area contributed by atoms with E-state index in [2.05, 4.69) is 35.1 Å². The summed E-state index contributed by atoms with van der Waals surface area (Å²) in [7, 11) is 0. The number of hydrogen-bond donors (Lipinski definition) is 1. The number of anilines is 1. The lowest BCUT2D eigenvalue weighted by Crippen LogP contribution is -2.38. The van der Waals surface area contributed by atoms with Crippen LogP contribution in [0.3, 0.4) is 0 Å². The van der Waals surface area contributed by atoms with E-state index in [1.807, 2.05) is 36.4 Å². The predicted molar refractivity (Wildman–Crippen MR) is 117 cm³/mol. The van der Waals surface area contributed by atoms with Gasteiger partial charge >= 0.3 is 0 Å². The van der Waals surface area contributed by atoms with Crippen molar-refractivity contribution in [3.05, 3.63) is 58.9 Å². The van der Waals surface area contributed by atoms with Crippen LogP contribution in [-0.4, -0.2) is 35.4 Å². The molecule has 1 aliphatic rings. The van der Waals surface area contributed by atoms with Gasteiger partial charge in [0.25, 0.3) is 0 Å². The fourth-order valence-electron chi connectivity index (χ4n) is 3.94. The van der Waals surface area contributed by atoms with E-state index in [1.54, 1.807) is 0 Å². The largest absolute Gasteiger partial charge is 0.440 e. The number of hydrogen-bond acceptors (Lipinski definition) is 4. The Morgan fingerprint density at radius 1 is 1.24 bits per heavy atom. The number of aromatic nitrogens is 1. The third-order valence-electron chi connectivity index (χ3n) is 5.53. The Balaban J connectivity index is 1.33. The van der Waals surface area contributed by atoms with Gasteiger partial charge in [-0.15, -0.1) is 0 Å². The van der Waals surface area contributed by atoms with Crippen LogP contribution in [0.2, 0.25) is 5.02 Å². The zero-order chi connectivity index (χ0) is 20.4. The molecule has 5 nitrogen and oxygen atoms in total. The lowest BCUT2D eigenvalue weighted by atomic mass is 9.97. The fraction of sp³-hybridized carbons (Fsp3) is 0.391. The van der Waals surface area contributed by atoms with E-state index >= 15 is 0 Å². The van der Waals surface area contributed by atoms with Crippen LogP contribution < -0.4 is 5.32 Å². The first-order valence-electron chi connectivity index (χ1n) is 10.2. The van der Waals surface area contributed by atoms with E-state index in [0.29, 0.717) is 17.5 Å². The Morgan fingerprint density at radius 2 is 2.00 bits per heavy atom. The van der Waals surface area contributed by atoms with Crippen molar-refractivity contribution in [3.8, 4) is 0 Å². The molecule has 6 heteroatoms. The van der Waals surface area contributed by atoms with Crippen LogP contribution in [0.4, 0.5) is 5.69 Å².